The van der Waals surface area contributed by atoms with Gasteiger partial charge in [-0.3, -0.25) is 9.59 Å². The molecular weight excluding hydrogens is 468 g/mol. The molecule has 7 nitrogen and oxygen atoms in total. The van der Waals surface area contributed by atoms with E-state index in [-0.39, 0.29) is 23.7 Å². The summed E-state index contributed by atoms with van der Waals surface area (Å²) in [5.74, 6) is -1.38. The Kier molecular flexibility index (Phi) is 7.09. The lowest BCUT2D eigenvalue weighted by Crippen LogP contribution is -2.32. The molecule has 1 aromatic heterocycles. The van der Waals surface area contributed by atoms with Crippen molar-refractivity contribution >= 4 is 45.1 Å². The molecule has 0 unspecified atom stereocenters. The largest absolute Gasteiger partial charge is 0.379 e. The zero-order valence-corrected chi connectivity index (χ0v) is 21.7. The Hall–Kier alpha value is -4.10. The molecule has 0 aliphatic rings. The zero-order valence-electron chi connectivity index (χ0n) is 21.7. The molecule has 4 rings (SSSR count). The Morgan fingerprint density at radius 3 is 2.08 bits per heavy atom. The van der Waals surface area contributed by atoms with Crippen molar-refractivity contribution in [2.24, 2.45) is 5.16 Å². The monoisotopic (exact) mass is 498 g/mol. The number of hydrogen-bond acceptors (Lipinski definition) is 6. The number of nitrogens with zero attached hydrogens (tertiary/aromatic N) is 2. The summed E-state index contributed by atoms with van der Waals surface area (Å²) >= 11 is 0. The van der Waals surface area contributed by atoms with E-state index in [4.69, 9.17) is 4.84 Å². The normalized spacial score (nSPS) is 12.2. The second-order valence-corrected chi connectivity index (χ2v) is 9.51. The number of aromatic nitrogens is 1. The van der Waals surface area contributed by atoms with E-state index < -0.39 is 11.6 Å². The van der Waals surface area contributed by atoms with Crippen LogP contribution < -0.4 is 0 Å². The first kappa shape index (κ1) is 26.0. The number of ketones is 2. The molecular formula is C30H30N2O5. The number of aliphatic hydroxyl groups is 1. The van der Waals surface area contributed by atoms with E-state index in [9.17, 15) is 19.5 Å². The van der Waals surface area contributed by atoms with Gasteiger partial charge in [0, 0.05) is 45.0 Å². The predicted molar refractivity (Wildman–Crippen MR) is 144 cm³/mol. The van der Waals surface area contributed by atoms with Gasteiger partial charge in [0.2, 0.25) is 5.78 Å². The van der Waals surface area contributed by atoms with Gasteiger partial charge in [0.05, 0.1) is 0 Å². The van der Waals surface area contributed by atoms with E-state index in [1.165, 1.54) is 13.8 Å². The average molecular weight is 499 g/mol. The van der Waals surface area contributed by atoms with Crippen molar-refractivity contribution in [2.75, 3.05) is 0 Å². The SMILES string of the molecule is CC/C(=N\OC(=O)C(C)(C)O)C(=O)c1ccc2c(c1)c1cc(C(=O)c3ccccc3C)ccc1n2CC. The number of fused-ring (bicyclic) bond motifs is 3. The van der Waals surface area contributed by atoms with Gasteiger partial charge >= 0.3 is 5.97 Å². The van der Waals surface area contributed by atoms with Crippen molar-refractivity contribution in [1.29, 1.82) is 0 Å². The van der Waals surface area contributed by atoms with E-state index >= 15 is 0 Å². The number of Topliss-reactive ketones (excluding diaryl/α,β-unsaturated/α-hetero) is 1. The van der Waals surface area contributed by atoms with Gasteiger partial charge in [0.1, 0.15) is 5.71 Å². The van der Waals surface area contributed by atoms with Gasteiger partial charge in [-0.2, -0.15) is 0 Å². The molecule has 0 fully saturated rings. The summed E-state index contributed by atoms with van der Waals surface area (Å²) in [6.07, 6.45) is 0.238. The van der Waals surface area contributed by atoms with Gasteiger partial charge in [0.15, 0.2) is 11.4 Å². The molecule has 1 N–H and O–H groups in total. The van der Waals surface area contributed by atoms with Crippen molar-refractivity contribution in [1.82, 2.24) is 4.57 Å². The Balaban J connectivity index is 1.79. The lowest BCUT2D eigenvalue weighted by atomic mass is 9.97. The molecule has 4 aromatic rings. The lowest BCUT2D eigenvalue weighted by molar-refractivity contribution is -0.161. The van der Waals surface area contributed by atoms with Crippen LogP contribution >= 0.6 is 0 Å². The molecule has 0 atom stereocenters. The van der Waals surface area contributed by atoms with Crippen LogP contribution in [0.2, 0.25) is 0 Å². The lowest BCUT2D eigenvalue weighted by Gasteiger charge is -2.12. The standard InChI is InChI=1S/C30H30N2O5/c1-6-24(31-37-29(35)30(4,5)36)28(34)20-13-15-26-23(17-20)22-16-19(12-14-25(22)32(26)7-2)27(33)21-11-9-8-10-18(21)3/h8-17,36H,6-7H2,1-5H3/b31-24+. The van der Waals surface area contributed by atoms with Crippen LogP contribution in [0.3, 0.4) is 0 Å². The minimum atomic E-state index is -1.72. The average Bonchev–Trinajstić information content (AvgIpc) is 3.20. The minimum Gasteiger partial charge on any atom is -0.379 e. The third kappa shape index (κ3) is 4.95. The van der Waals surface area contributed by atoms with Crippen molar-refractivity contribution in [3.8, 4) is 0 Å². The number of hydrogen-bond donors (Lipinski definition) is 1. The highest BCUT2D eigenvalue weighted by Gasteiger charge is 2.27. The molecule has 0 saturated carbocycles. The molecule has 0 amide bonds. The molecule has 1 heterocycles. The number of rotatable bonds is 8. The smallest absolute Gasteiger partial charge is 0.365 e. The minimum absolute atomic E-state index is 0.0568. The maximum Gasteiger partial charge on any atom is 0.365 e. The Morgan fingerprint density at radius 1 is 0.919 bits per heavy atom. The van der Waals surface area contributed by atoms with Crippen molar-refractivity contribution < 1.29 is 24.3 Å². The zero-order chi connectivity index (χ0) is 26.9. The highest BCUT2D eigenvalue weighted by Crippen LogP contribution is 2.32. The van der Waals surface area contributed by atoms with Crippen molar-refractivity contribution in [3.63, 3.8) is 0 Å². The summed E-state index contributed by atoms with van der Waals surface area (Å²) in [4.78, 5) is 43.2. The van der Waals surface area contributed by atoms with Crippen LogP contribution in [0.25, 0.3) is 21.8 Å². The van der Waals surface area contributed by atoms with Crippen LogP contribution in [-0.2, 0) is 16.2 Å². The van der Waals surface area contributed by atoms with Crippen LogP contribution in [0.15, 0.2) is 65.8 Å². The van der Waals surface area contributed by atoms with Crippen LogP contribution in [0.1, 0.15) is 66.0 Å². The van der Waals surface area contributed by atoms with E-state index in [1.54, 1.807) is 19.1 Å². The maximum absolute atomic E-state index is 13.3. The third-order valence-corrected chi connectivity index (χ3v) is 6.43. The van der Waals surface area contributed by atoms with Gasteiger partial charge in [0.25, 0.3) is 0 Å². The summed E-state index contributed by atoms with van der Waals surface area (Å²) in [5, 5.41) is 15.2. The first-order valence-corrected chi connectivity index (χ1v) is 12.3. The molecule has 37 heavy (non-hydrogen) atoms. The number of benzene rings is 3. The van der Waals surface area contributed by atoms with Gasteiger partial charge in [-0.05, 0) is 76.1 Å². The maximum atomic E-state index is 13.3. The third-order valence-electron chi connectivity index (χ3n) is 6.43. The first-order valence-electron chi connectivity index (χ1n) is 12.3. The number of oxime groups is 1. The molecule has 0 saturated heterocycles. The number of carbonyl (C=O) groups is 3. The van der Waals surface area contributed by atoms with E-state index in [0.29, 0.717) is 23.2 Å². The molecule has 0 aliphatic heterocycles. The van der Waals surface area contributed by atoms with Gasteiger partial charge in [-0.1, -0.05) is 36.3 Å². The summed E-state index contributed by atoms with van der Waals surface area (Å²) in [6, 6.07) is 18.6. The van der Waals surface area contributed by atoms with E-state index in [1.807, 2.05) is 62.4 Å². The summed E-state index contributed by atoms with van der Waals surface area (Å²) in [6.45, 7) is 8.98. The van der Waals surface area contributed by atoms with Gasteiger partial charge in [-0.15, -0.1) is 0 Å². The molecule has 3 aromatic carbocycles. The quantitative estimate of drug-likeness (QED) is 0.147. The predicted octanol–water partition coefficient (Wildman–Crippen LogP) is 5.62. The molecule has 190 valence electrons. The van der Waals surface area contributed by atoms with Crippen molar-refractivity contribution in [3.05, 3.63) is 82.9 Å². The number of aryl methyl sites for hydroxylation is 2. The molecule has 0 aliphatic carbocycles. The Bertz CT molecular complexity index is 1570. The second-order valence-electron chi connectivity index (χ2n) is 9.51. The van der Waals surface area contributed by atoms with Crippen molar-refractivity contribution in [2.45, 2.75) is 53.2 Å². The summed E-state index contributed by atoms with van der Waals surface area (Å²) in [5.41, 5.74) is 2.77. The Morgan fingerprint density at radius 2 is 1.51 bits per heavy atom. The highest BCUT2D eigenvalue weighted by atomic mass is 16.7. The topological polar surface area (TPSA) is 98.0 Å². The fraction of sp³-hybridized carbons (Fsp3) is 0.267. The fourth-order valence-corrected chi connectivity index (χ4v) is 4.35. The summed E-state index contributed by atoms with van der Waals surface area (Å²) in [7, 11) is 0. The van der Waals surface area contributed by atoms with Crippen LogP contribution in [0, 0.1) is 6.92 Å². The fourth-order valence-electron chi connectivity index (χ4n) is 4.35. The molecule has 0 bridgehead atoms. The first-order chi connectivity index (χ1) is 17.6. The van der Waals surface area contributed by atoms with Crippen LogP contribution in [0.5, 0.6) is 0 Å². The molecule has 0 spiro atoms. The van der Waals surface area contributed by atoms with E-state index in [2.05, 4.69) is 9.72 Å². The highest BCUT2D eigenvalue weighted by molar-refractivity contribution is 6.46. The van der Waals surface area contributed by atoms with Gasteiger partial charge in [-0.25, -0.2) is 4.79 Å². The summed E-state index contributed by atoms with van der Waals surface area (Å²) < 4.78 is 2.14. The van der Waals surface area contributed by atoms with Crippen LogP contribution in [-0.4, -0.2) is 38.5 Å². The van der Waals surface area contributed by atoms with E-state index in [0.717, 1.165) is 27.4 Å². The Labute approximate surface area is 215 Å². The number of carbonyl (C=O) groups excluding carboxylic acids is 3. The second kappa shape index (κ2) is 10.1. The molecule has 7 heteroatoms. The van der Waals surface area contributed by atoms with Crippen LogP contribution in [0.4, 0.5) is 0 Å². The molecule has 0 radical (unpaired) electrons. The van der Waals surface area contributed by atoms with Gasteiger partial charge < -0.3 is 14.5 Å².